The molecule has 0 aromatic heterocycles. The summed E-state index contributed by atoms with van der Waals surface area (Å²) in [6.45, 7) is 32.7. The van der Waals surface area contributed by atoms with Gasteiger partial charge in [-0.1, -0.05) is 151 Å². The van der Waals surface area contributed by atoms with Crippen LogP contribution in [0.1, 0.15) is 150 Å². The van der Waals surface area contributed by atoms with Crippen molar-refractivity contribution in [3.63, 3.8) is 0 Å². The molecule has 0 saturated carbocycles. The number of ether oxygens (including phenoxy) is 2. The van der Waals surface area contributed by atoms with Gasteiger partial charge in [-0.25, -0.2) is 9.59 Å². The van der Waals surface area contributed by atoms with Crippen LogP contribution >= 0.6 is 0 Å². The van der Waals surface area contributed by atoms with Gasteiger partial charge < -0.3 is 20.1 Å². The van der Waals surface area contributed by atoms with Gasteiger partial charge in [0.1, 0.15) is 0 Å². The lowest BCUT2D eigenvalue weighted by atomic mass is 9.87. The van der Waals surface area contributed by atoms with Crippen molar-refractivity contribution in [3.8, 4) is 0 Å². The van der Waals surface area contributed by atoms with Gasteiger partial charge in [0.05, 0.1) is 29.4 Å². The first-order valence-electron chi connectivity index (χ1n) is 22.8. The quantitative estimate of drug-likeness (QED) is 0.0366. The van der Waals surface area contributed by atoms with Crippen LogP contribution in [-0.2, 0) is 9.47 Å². The first-order valence-corrected chi connectivity index (χ1v) is 28.5. The molecule has 0 unspecified atom stereocenters. The number of hydrogen-bond acceptors (Lipinski definition) is 4. The van der Waals surface area contributed by atoms with Crippen LogP contribution in [0.5, 0.6) is 0 Å². The maximum Gasteiger partial charge on any atom is 0.407 e. The number of allylic oxidation sites excluding steroid dienone is 6. The average Bonchev–Trinajstić information content (AvgIpc) is 3.12. The Morgan fingerprint density at radius 3 is 0.895 bits per heavy atom. The molecule has 0 aliphatic carbocycles. The summed E-state index contributed by atoms with van der Waals surface area (Å²) < 4.78 is 11.0. The van der Waals surface area contributed by atoms with Crippen molar-refractivity contribution in [3.05, 3.63) is 75.9 Å². The molecule has 6 nitrogen and oxygen atoms in total. The molecular weight excluding hydrogens is 737 g/mol. The zero-order chi connectivity index (χ0) is 42.7. The standard InChI is InChI=1S/C49H90N2O4Si2/c1-11-37-56(38-12-2,39-13-3)43-33-29-25-21-17-19-23-27-31-35-54-46(52)50-48(7,8)45-49(9,10)51-47(53)55-36-32-28-24-20-18-22-26-30-34-44-57(40-14-4,41-15-5)42-16-6/h11-16H,1-6,17-45H2,7-10H3,(H,50,52)(H,51,53). The van der Waals surface area contributed by atoms with Crippen molar-refractivity contribution in [2.45, 2.75) is 209 Å². The zero-order valence-electron chi connectivity index (χ0n) is 37.8. The number of hydrogen-bond donors (Lipinski definition) is 2. The van der Waals surface area contributed by atoms with Crippen LogP contribution in [0.2, 0.25) is 48.4 Å². The number of rotatable bonds is 40. The minimum atomic E-state index is -1.36. The van der Waals surface area contributed by atoms with Crippen LogP contribution in [0.25, 0.3) is 0 Å². The first-order chi connectivity index (χ1) is 27.3. The third-order valence-corrected chi connectivity index (χ3v) is 21.2. The minimum absolute atomic E-state index is 0.407. The molecule has 0 radical (unpaired) electrons. The summed E-state index contributed by atoms with van der Waals surface area (Å²) in [6, 6.07) is 9.68. The Kier molecular flexibility index (Phi) is 31.8. The fraction of sp³-hybridized carbons (Fsp3) is 0.714. The van der Waals surface area contributed by atoms with E-state index in [1.165, 1.54) is 102 Å². The third-order valence-electron chi connectivity index (χ3n) is 11.4. The molecule has 0 aromatic carbocycles. The summed E-state index contributed by atoms with van der Waals surface area (Å²) in [6.07, 6.45) is 34.1. The van der Waals surface area contributed by atoms with E-state index >= 15 is 0 Å². The number of carbonyl (C=O) groups is 2. The molecular formula is C49H90N2O4Si2. The molecule has 0 fully saturated rings. The molecule has 0 spiro atoms. The molecule has 0 aliphatic rings. The van der Waals surface area contributed by atoms with Crippen LogP contribution in [0.15, 0.2) is 75.9 Å². The summed E-state index contributed by atoms with van der Waals surface area (Å²) in [5.74, 6) is 0. The highest BCUT2D eigenvalue weighted by atomic mass is 28.3. The van der Waals surface area contributed by atoms with Crippen LogP contribution < -0.4 is 10.6 Å². The minimum Gasteiger partial charge on any atom is -0.450 e. The molecule has 2 N–H and O–H groups in total. The smallest absolute Gasteiger partial charge is 0.407 e. The Hall–Kier alpha value is -2.59. The molecule has 57 heavy (non-hydrogen) atoms. The van der Waals surface area contributed by atoms with E-state index < -0.39 is 39.4 Å². The second-order valence-corrected chi connectivity index (χ2v) is 27.7. The fourth-order valence-corrected chi connectivity index (χ4v) is 16.7. The van der Waals surface area contributed by atoms with Gasteiger partial charge in [-0.2, -0.15) is 0 Å². The highest BCUT2D eigenvalue weighted by molar-refractivity contribution is 6.81. The van der Waals surface area contributed by atoms with Gasteiger partial charge in [0, 0.05) is 11.1 Å². The highest BCUT2D eigenvalue weighted by Crippen LogP contribution is 2.31. The number of amides is 2. The van der Waals surface area contributed by atoms with Crippen LogP contribution in [-0.4, -0.2) is 52.6 Å². The van der Waals surface area contributed by atoms with E-state index in [0.717, 1.165) is 61.9 Å². The normalized spacial score (nSPS) is 12.0. The van der Waals surface area contributed by atoms with Crippen molar-refractivity contribution in [1.82, 2.24) is 10.6 Å². The summed E-state index contributed by atoms with van der Waals surface area (Å²) in [5.41, 5.74) is -1.12. The average molecular weight is 827 g/mol. The van der Waals surface area contributed by atoms with Gasteiger partial charge in [-0.3, -0.25) is 0 Å². The van der Waals surface area contributed by atoms with E-state index in [4.69, 9.17) is 9.47 Å². The predicted octanol–water partition coefficient (Wildman–Crippen LogP) is 15.4. The van der Waals surface area contributed by atoms with Crippen LogP contribution in [0.3, 0.4) is 0 Å². The SMILES string of the molecule is C=CC[Si](CC=C)(CC=C)CCCCCCCCCCCOC(=O)NC(C)(C)CC(C)(C)NC(=O)OCCCCCCCCCCC[Si](CC=C)(CC=C)CC=C. The lowest BCUT2D eigenvalue weighted by Gasteiger charge is -2.35. The number of carbonyl (C=O) groups excluding carboxylic acids is 2. The van der Waals surface area contributed by atoms with Gasteiger partial charge in [-0.05, 0) is 83.2 Å². The van der Waals surface area contributed by atoms with E-state index in [1.807, 2.05) is 27.7 Å². The molecule has 0 aliphatic heterocycles. The molecule has 328 valence electrons. The summed E-state index contributed by atoms with van der Waals surface area (Å²) >= 11 is 0. The molecule has 0 heterocycles. The molecule has 0 bridgehead atoms. The van der Waals surface area contributed by atoms with Gasteiger partial charge in [0.25, 0.3) is 0 Å². The van der Waals surface area contributed by atoms with E-state index in [0.29, 0.717) is 19.6 Å². The molecule has 0 saturated heterocycles. The topological polar surface area (TPSA) is 76.7 Å². The Balaban J connectivity index is 4.01. The summed E-state index contributed by atoms with van der Waals surface area (Å²) in [5, 5.41) is 5.98. The number of nitrogens with one attached hydrogen (secondary N) is 2. The Bertz CT molecular complexity index is 995. The summed E-state index contributed by atoms with van der Waals surface area (Å²) in [4.78, 5) is 25.1. The maximum absolute atomic E-state index is 12.6. The molecule has 2 amide bonds. The second-order valence-electron chi connectivity index (χ2n) is 18.3. The van der Waals surface area contributed by atoms with Gasteiger partial charge >= 0.3 is 12.2 Å². The van der Waals surface area contributed by atoms with E-state index in [2.05, 4.69) is 86.6 Å². The molecule has 0 aromatic rings. The first kappa shape index (κ1) is 54.4. The van der Waals surface area contributed by atoms with Gasteiger partial charge in [0.15, 0.2) is 0 Å². The lowest BCUT2D eigenvalue weighted by Crippen LogP contribution is -2.53. The molecule has 8 heteroatoms. The largest absolute Gasteiger partial charge is 0.450 e. The van der Waals surface area contributed by atoms with Crippen LogP contribution in [0.4, 0.5) is 9.59 Å². The van der Waals surface area contributed by atoms with Crippen molar-refractivity contribution >= 4 is 28.3 Å². The number of alkyl carbamates (subject to hydrolysis) is 2. The molecule has 0 atom stereocenters. The van der Waals surface area contributed by atoms with Gasteiger partial charge in [-0.15, -0.1) is 39.5 Å². The third kappa shape index (κ3) is 29.3. The van der Waals surface area contributed by atoms with Crippen molar-refractivity contribution < 1.29 is 19.1 Å². The van der Waals surface area contributed by atoms with E-state index in [9.17, 15) is 9.59 Å². The Morgan fingerprint density at radius 2 is 0.649 bits per heavy atom. The highest BCUT2D eigenvalue weighted by Gasteiger charge is 2.32. The lowest BCUT2D eigenvalue weighted by molar-refractivity contribution is 0.120. The van der Waals surface area contributed by atoms with Crippen molar-refractivity contribution in [2.75, 3.05) is 13.2 Å². The second kappa shape index (κ2) is 33.3. The molecule has 0 rings (SSSR count). The Labute approximate surface area is 355 Å². The van der Waals surface area contributed by atoms with Crippen molar-refractivity contribution in [1.29, 1.82) is 0 Å². The number of unbranched alkanes of at least 4 members (excludes halogenated alkanes) is 16. The van der Waals surface area contributed by atoms with E-state index in [1.54, 1.807) is 0 Å². The maximum atomic E-state index is 12.6. The zero-order valence-corrected chi connectivity index (χ0v) is 39.8. The van der Waals surface area contributed by atoms with Crippen molar-refractivity contribution in [2.24, 2.45) is 0 Å². The summed E-state index contributed by atoms with van der Waals surface area (Å²) in [7, 11) is -2.73. The van der Waals surface area contributed by atoms with Crippen LogP contribution in [0, 0.1) is 0 Å². The predicted molar refractivity (Wildman–Crippen MR) is 256 cm³/mol. The fourth-order valence-electron chi connectivity index (χ4n) is 8.78. The van der Waals surface area contributed by atoms with E-state index in [-0.39, 0.29) is 0 Å². The monoisotopic (exact) mass is 827 g/mol. The van der Waals surface area contributed by atoms with Gasteiger partial charge in [0.2, 0.25) is 0 Å². The Morgan fingerprint density at radius 1 is 0.421 bits per heavy atom.